The van der Waals surface area contributed by atoms with Gasteiger partial charge in [0.05, 0.1) is 0 Å². The number of nitrogens with zero attached hydrogens (tertiary/aromatic N) is 2. The third kappa shape index (κ3) is 5.91. The van der Waals surface area contributed by atoms with Gasteiger partial charge in [0, 0.05) is 62.5 Å². The Labute approximate surface area is 223 Å². The predicted molar refractivity (Wildman–Crippen MR) is 147 cm³/mol. The summed E-state index contributed by atoms with van der Waals surface area (Å²) in [5.41, 5.74) is 2.49. The van der Waals surface area contributed by atoms with Crippen LogP contribution in [0, 0.1) is 5.92 Å². The van der Waals surface area contributed by atoms with E-state index >= 15 is 0 Å². The average molecular weight is 521 g/mol. The number of piperazine rings is 1. The fraction of sp³-hybridized carbons (Fsp3) is 0.433. The van der Waals surface area contributed by atoms with Crippen molar-refractivity contribution in [3.63, 3.8) is 0 Å². The van der Waals surface area contributed by atoms with Gasteiger partial charge in [-0.2, -0.15) is 0 Å². The van der Waals surface area contributed by atoms with Gasteiger partial charge in [-0.15, -0.1) is 11.3 Å². The Kier molecular flexibility index (Phi) is 8.56. The molecular weight excluding hydrogens is 484 g/mol. The second-order valence-electron chi connectivity index (χ2n) is 9.77. The lowest BCUT2D eigenvalue weighted by molar-refractivity contribution is -0.170. The molecule has 0 radical (unpaired) electrons. The van der Waals surface area contributed by atoms with E-state index in [1.54, 1.807) is 11.3 Å². The summed E-state index contributed by atoms with van der Waals surface area (Å²) in [5.74, 6) is 0.320. The molecule has 2 aliphatic heterocycles. The smallest absolute Gasteiger partial charge is 0.288 e. The molecule has 1 N–H and O–H groups in total. The van der Waals surface area contributed by atoms with Gasteiger partial charge < -0.3 is 19.5 Å². The Bertz CT molecular complexity index is 1200. The molecule has 0 saturated carbocycles. The molecule has 37 heavy (non-hydrogen) atoms. The minimum absolute atomic E-state index is 0.0179. The largest absolute Gasteiger partial charge is 0.459 e. The van der Waals surface area contributed by atoms with E-state index in [1.165, 1.54) is 21.2 Å². The first kappa shape index (κ1) is 25.9. The first-order chi connectivity index (χ1) is 18.2. The number of benzene rings is 2. The zero-order chi connectivity index (χ0) is 25.6. The number of hydrogen-bond acceptors (Lipinski definition) is 6. The molecule has 6 nitrogen and oxygen atoms in total. The van der Waals surface area contributed by atoms with E-state index < -0.39 is 6.29 Å². The molecule has 3 aromatic rings. The first-order valence-electron chi connectivity index (χ1n) is 13.3. The van der Waals surface area contributed by atoms with Gasteiger partial charge in [0.25, 0.3) is 5.91 Å². The summed E-state index contributed by atoms with van der Waals surface area (Å²) >= 11 is 1.73. The first-order valence-corrected chi connectivity index (χ1v) is 14.2. The quantitative estimate of drug-likeness (QED) is 0.431. The highest BCUT2D eigenvalue weighted by Crippen LogP contribution is 2.43. The Morgan fingerprint density at radius 3 is 2.59 bits per heavy atom. The van der Waals surface area contributed by atoms with E-state index in [9.17, 15) is 9.90 Å². The van der Waals surface area contributed by atoms with Gasteiger partial charge in [-0.3, -0.25) is 9.69 Å². The summed E-state index contributed by atoms with van der Waals surface area (Å²) in [6.07, 6.45) is 2.91. The van der Waals surface area contributed by atoms with Crippen LogP contribution in [0.25, 0.3) is 10.1 Å². The van der Waals surface area contributed by atoms with Crippen LogP contribution in [0.2, 0.25) is 0 Å². The van der Waals surface area contributed by atoms with Crippen LogP contribution in [-0.4, -0.2) is 66.5 Å². The zero-order valence-electron chi connectivity index (χ0n) is 21.4. The number of allylic oxidation sites excluding steroid dienone is 1. The van der Waals surface area contributed by atoms with Crippen LogP contribution in [-0.2, 0) is 20.8 Å². The van der Waals surface area contributed by atoms with E-state index in [-0.39, 0.29) is 24.3 Å². The highest BCUT2D eigenvalue weighted by Gasteiger charge is 2.40. The average Bonchev–Trinajstić information content (AvgIpc) is 3.37. The van der Waals surface area contributed by atoms with Gasteiger partial charge in [-0.05, 0) is 53.8 Å². The molecule has 5 rings (SSSR count). The van der Waals surface area contributed by atoms with Crippen LogP contribution in [0.15, 0.2) is 71.8 Å². The SMILES string of the molecule is CCO[C@H]1OC(C(=O)N2CCN(Cc3ccccc3)CC2)=C[C@@H](c2csc3ccccc23)[C@H]1CCCO. The van der Waals surface area contributed by atoms with Crippen LogP contribution in [0.1, 0.15) is 36.8 Å². The standard InChI is InChI=1S/C30H36N2O4S/c1-2-35-30-24(12-8-18-33)25(26-21-37-28-13-7-6-11-23(26)28)19-27(36-30)29(34)32-16-14-31(15-17-32)20-22-9-4-3-5-10-22/h3-7,9-11,13,19,21,24-25,30,33H,2,8,12,14-18,20H2,1H3/t24-,25-,30+/m1/s1. The lowest BCUT2D eigenvalue weighted by atomic mass is 9.80. The van der Waals surface area contributed by atoms with Crippen molar-refractivity contribution in [2.45, 2.75) is 38.5 Å². The molecule has 1 saturated heterocycles. The number of rotatable bonds is 9. The number of hydrogen-bond donors (Lipinski definition) is 1. The number of ether oxygens (including phenoxy) is 2. The Hall–Kier alpha value is -2.71. The highest BCUT2D eigenvalue weighted by atomic mass is 32.1. The van der Waals surface area contributed by atoms with E-state index in [4.69, 9.17) is 9.47 Å². The van der Waals surface area contributed by atoms with Crippen molar-refractivity contribution in [1.29, 1.82) is 0 Å². The normalized spacial score (nSPS) is 22.6. The molecule has 0 unspecified atom stereocenters. The monoisotopic (exact) mass is 520 g/mol. The molecular formula is C30H36N2O4S. The predicted octanol–water partition coefficient (Wildman–Crippen LogP) is 4.99. The lowest BCUT2D eigenvalue weighted by Crippen LogP contribution is -2.49. The van der Waals surface area contributed by atoms with Crippen LogP contribution in [0.5, 0.6) is 0 Å². The minimum atomic E-state index is -0.525. The number of fused-ring (bicyclic) bond motifs is 1. The molecule has 0 aliphatic carbocycles. The molecule has 2 aliphatic rings. The molecule has 2 aromatic carbocycles. The summed E-state index contributed by atoms with van der Waals surface area (Å²) in [7, 11) is 0. The molecule has 3 atom stereocenters. The van der Waals surface area contributed by atoms with E-state index in [2.05, 4.69) is 58.8 Å². The van der Waals surface area contributed by atoms with Gasteiger partial charge in [0.15, 0.2) is 5.76 Å². The van der Waals surface area contributed by atoms with Crippen molar-refractivity contribution in [3.8, 4) is 0 Å². The fourth-order valence-corrected chi connectivity index (χ4v) is 6.49. The molecule has 0 spiro atoms. The van der Waals surface area contributed by atoms with Crippen molar-refractivity contribution < 1.29 is 19.4 Å². The Morgan fingerprint density at radius 2 is 1.84 bits per heavy atom. The van der Waals surface area contributed by atoms with Crippen molar-refractivity contribution in [2.75, 3.05) is 39.4 Å². The molecule has 196 valence electrons. The summed E-state index contributed by atoms with van der Waals surface area (Å²) in [4.78, 5) is 18.0. The summed E-state index contributed by atoms with van der Waals surface area (Å²) < 4.78 is 13.6. The Morgan fingerprint density at radius 1 is 1.08 bits per heavy atom. The fourth-order valence-electron chi connectivity index (χ4n) is 5.48. The topological polar surface area (TPSA) is 62.2 Å². The summed E-state index contributed by atoms with van der Waals surface area (Å²) in [6, 6.07) is 18.9. The summed E-state index contributed by atoms with van der Waals surface area (Å²) in [6.45, 7) is 6.48. The zero-order valence-corrected chi connectivity index (χ0v) is 22.2. The van der Waals surface area contributed by atoms with Crippen molar-refractivity contribution >= 4 is 27.3 Å². The highest BCUT2D eigenvalue weighted by molar-refractivity contribution is 7.17. The van der Waals surface area contributed by atoms with E-state index in [0.717, 1.165) is 26.1 Å². The maximum Gasteiger partial charge on any atom is 0.288 e. The lowest BCUT2D eigenvalue weighted by Gasteiger charge is -2.39. The number of aliphatic hydroxyl groups is 1. The number of amides is 1. The maximum atomic E-state index is 13.7. The number of carbonyl (C=O) groups is 1. The van der Waals surface area contributed by atoms with Crippen LogP contribution >= 0.6 is 11.3 Å². The van der Waals surface area contributed by atoms with Gasteiger partial charge >= 0.3 is 0 Å². The van der Waals surface area contributed by atoms with Gasteiger partial charge in [-0.25, -0.2) is 0 Å². The van der Waals surface area contributed by atoms with E-state index in [1.807, 2.05) is 24.0 Å². The Balaban J connectivity index is 1.37. The van der Waals surface area contributed by atoms with Crippen LogP contribution in [0.4, 0.5) is 0 Å². The second-order valence-corrected chi connectivity index (χ2v) is 10.7. The van der Waals surface area contributed by atoms with Gasteiger partial charge in [0.2, 0.25) is 6.29 Å². The molecule has 0 bridgehead atoms. The van der Waals surface area contributed by atoms with Gasteiger partial charge in [0.1, 0.15) is 0 Å². The van der Waals surface area contributed by atoms with Crippen molar-refractivity contribution in [1.82, 2.24) is 9.80 Å². The number of thiophene rings is 1. The molecule has 7 heteroatoms. The van der Waals surface area contributed by atoms with Crippen LogP contribution in [0.3, 0.4) is 0 Å². The van der Waals surface area contributed by atoms with Crippen LogP contribution < -0.4 is 0 Å². The minimum Gasteiger partial charge on any atom is -0.459 e. The number of aliphatic hydroxyl groups excluding tert-OH is 1. The van der Waals surface area contributed by atoms with Gasteiger partial charge in [-0.1, -0.05) is 48.5 Å². The van der Waals surface area contributed by atoms with Crippen molar-refractivity contribution in [2.24, 2.45) is 5.92 Å². The van der Waals surface area contributed by atoms with E-state index in [0.29, 0.717) is 31.9 Å². The summed E-state index contributed by atoms with van der Waals surface area (Å²) in [5, 5.41) is 13.0. The maximum absolute atomic E-state index is 13.7. The second kappa shape index (κ2) is 12.2. The molecule has 1 amide bonds. The number of carbonyl (C=O) groups excluding carboxylic acids is 1. The molecule has 3 heterocycles. The molecule has 1 fully saturated rings. The third-order valence-corrected chi connectivity index (χ3v) is 8.38. The van der Waals surface area contributed by atoms with Crippen molar-refractivity contribution in [3.05, 3.63) is 82.9 Å². The molecule has 1 aromatic heterocycles. The third-order valence-electron chi connectivity index (χ3n) is 7.40.